The molecule has 2 aromatic heterocycles. The maximum absolute atomic E-state index is 5.79. The van der Waals surface area contributed by atoms with Crippen molar-refractivity contribution in [2.75, 3.05) is 6.54 Å². The molecular formula is C12H14N4. The lowest BCUT2D eigenvalue weighted by atomic mass is 9.95. The van der Waals surface area contributed by atoms with Crippen molar-refractivity contribution in [3.8, 4) is 0 Å². The smallest absolute Gasteiger partial charge is 0.125 e. The number of aryl methyl sites for hydroxylation is 1. The van der Waals surface area contributed by atoms with Gasteiger partial charge < -0.3 is 5.73 Å². The van der Waals surface area contributed by atoms with Gasteiger partial charge in [-0.05, 0) is 24.1 Å². The van der Waals surface area contributed by atoms with Crippen LogP contribution < -0.4 is 5.73 Å². The molecule has 2 rings (SSSR count). The average molecular weight is 214 g/mol. The fourth-order valence-electron chi connectivity index (χ4n) is 1.63. The van der Waals surface area contributed by atoms with Crippen molar-refractivity contribution in [1.82, 2.24) is 15.0 Å². The Morgan fingerprint density at radius 3 is 2.50 bits per heavy atom. The zero-order chi connectivity index (χ0) is 11.4. The van der Waals surface area contributed by atoms with Gasteiger partial charge in [0.25, 0.3) is 0 Å². The summed E-state index contributed by atoms with van der Waals surface area (Å²) in [5.74, 6) is 0.889. The van der Waals surface area contributed by atoms with Crippen LogP contribution in [0.3, 0.4) is 0 Å². The number of pyridine rings is 1. The van der Waals surface area contributed by atoms with Crippen LogP contribution in [0, 0.1) is 6.92 Å². The first-order valence-electron chi connectivity index (χ1n) is 5.20. The van der Waals surface area contributed by atoms with Crippen molar-refractivity contribution in [2.24, 2.45) is 5.73 Å². The molecule has 2 N–H and O–H groups in total. The predicted molar refractivity (Wildman–Crippen MR) is 61.9 cm³/mol. The molecule has 0 radical (unpaired) electrons. The number of rotatable bonds is 3. The summed E-state index contributed by atoms with van der Waals surface area (Å²) < 4.78 is 0. The van der Waals surface area contributed by atoms with E-state index in [0.717, 1.165) is 17.0 Å². The van der Waals surface area contributed by atoms with Crippen molar-refractivity contribution in [2.45, 2.75) is 12.8 Å². The van der Waals surface area contributed by atoms with Gasteiger partial charge in [-0.15, -0.1) is 0 Å². The molecule has 0 fully saturated rings. The largest absolute Gasteiger partial charge is 0.330 e. The Hall–Kier alpha value is -1.81. The Morgan fingerprint density at radius 1 is 1.19 bits per heavy atom. The lowest BCUT2D eigenvalue weighted by molar-refractivity contribution is 0.796. The lowest BCUT2D eigenvalue weighted by Gasteiger charge is -2.14. The first-order chi connectivity index (χ1) is 7.81. The molecule has 82 valence electrons. The summed E-state index contributed by atoms with van der Waals surface area (Å²) in [6.07, 6.45) is 7.24. The van der Waals surface area contributed by atoms with E-state index < -0.39 is 0 Å². The molecule has 4 heteroatoms. The minimum absolute atomic E-state index is 0.120. The first-order valence-corrected chi connectivity index (χ1v) is 5.20. The van der Waals surface area contributed by atoms with Crippen LogP contribution in [0.2, 0.25) is 0 Å². The average Bonchev–Trinajstić information content (AvgIpc) is 2.34. The summed E-state index contributed by atoms with van der Waals surface area (Å²) in [5.41, 5.74) is 7.92. The third-order valence-corrected chi connectivity index (χ3v) is 2.53. The van der Waals surface area contributed by atoms with Crippen LogP contribution in [0.4, 0.5) is 0 Å². The van der Waals surface area contributed by atoms with Gasteiger partial charge in [0.2, 0.25) is 0 Å². The second kappa shape index (κ2) is 4.81. The number of hydrogen-bond acceptors (Lipinski definition) is 4. The third-order valence-electron chi connectivity index (χ3n) is 2.53. The van der Waals surface area contributed by atoms with E-state index >= 15 is 0 Å². The standard InChI is InChI=1S/C12H14N4/c1-9-15-7-11(8-16-9)12(5-13)10-3-2-4-14-6-10/h2-4,6-8,12H,5,13H2,1H3. The molecule has 0 aliphatic rings. The molecule has 0 saturated carbocycles. The molecular weight excluding hydrogens is 200 g/mol. The van der Waals surface area contributed by atoms with Crippen LogP contribution in [0.5, 0.6) is 0 Å². The van der Waals surface area contributed by atoms with Crippen molar-refractivity contribution in [3.05, 3.63) is 53.9 Å². The zero-order valence-electron chi connectivity index (χ0n) is 9.17. The number of nitrogens with two attached hydrogens (primary N) is 1. The highest BCUT2D eigenvalue weighted by molar-refractivity contribution is 5.27. The Bertz CT molecular complexity index is 438. The maximum Gasteiger partial charge on any atom is 0.125 e. The van der Waals surface area contributed by atoms with Crippen molar-refractivity contribution in [3.63, 3.8) is 0 Å². The Balaban J connectivity index is 2.33. The van der Waals surface area contributed by atoms with Crippen LogP contribution in [-0.2, 0) is 0 Å². The molecule has 0 spiro atoms. The Kier molecular flexibility index (Phi) is 3.22. The highest BCUT2D eigenvalue weighted by atomic mass is 14.8. The topological polar surface area (TPSA) is 64.7 Å². The van der Waals surface area contributed by atoms with E-state index in [0.29, 0.717) is 6.54 Å². The summed E-state index contributed by atoms with van der Waals surface area (Å²) in [6, 6.07) is 3.93. The predicted octanol–water partition coefficient (Wildman–Crippen LogP) is 1.27. The van der Waals surface area contributed by atoms with Crippen LogP contribution in [0.15, 0.2) is 36.9 Å². The summed E-state index contributed by atoms with van der Waals surface area (Å²) in [4.78, 5) is 12.5. The molecule has 0 aliphatic heterocycles. The normalized spacial score (nSPS) is 12.4. The van der Waals surface area contributed by atoms with Crippen LogP contribution in [-0.4, -0.2) is 21.5 Å². The van der Waals surface area contributed by atoms with E-state index in [-0.39, 0.29) is 5.92 Å². The number of nitrogens with zero attached hydrogens (tertiary/aromatic N) is 3. The highest BCUT2D eigenvalue weighted by Gasteiger charge is 2.12. The summed E-state index contributed by atoms with van der Waals surface area (Å²) >= 11 is 0. The SMILES string of the molecule is Cc1ncc(C(CN)c2cccnc2)cn1. The minimum Gasteiger partial charge on any atom is -0.330 e. The second-order valence-corrected chi connectivity index (χ2v) is 3.64. The van der Waals surface area contributed by atoms with Gasteiger partial charge in [0.05, 0.1) is 0 Å². The van der Waals surface area contributed by atoms with Gasteiger partial charge in [0.15, 0.2) is 0 Å². The van der Waals surface area contributed by atoms with Gasteiger partial charge in [-0.25, -0.2) is 9.97 Å². The van der Waals surface area contributed by atoms with Gasteiger partial charge in [-0.3, -0.25) is 4.98 Å². The third kappa shape index (κ3) is 2.23. The molecule has 0 amide bonds. The van der Waals surface area contributed by atoms with E-state index in [4.69, 9.17) is 5.73 Å². The second-order valence-electron chi connectivity index (χ2n) is 3.64. The lowest BCUT2D eigenvalue weighted by Crippen LogP contribution is -2.14. The van der Waals surface area contributed by atoms with Gasteiger partial charge in [0.1, 0.15) is 5.82 Å². The van der Waals surface area contributed by atoms with E-state index in [1.165, 1.54) is 0 Å². The first kappa shape index (κ1) is 10.7. The summed E-state index contributed by atoms with van der Waals surface area (Å²) in [5, 5.41) is 0. The van der Waals surface area contributed by atoms with E-state index in [9.17, 15) is 0 Å². The Morgan fingerprint density at radius 2 is 1.94 bits per heavy atom. The van der Waals surface area contributed by atoms with E-state index in [2.05, 4.69) is 15.0 Å². The zero-order valence-corrected chi connectivity index (χ0v) is 9.17. The molecule has 1 unspecified atom stereocenters. The maximum atomic E-state index is 5.79. The molecule has 1 atom stereocenters. The van der Waals surface area contributed by atoms with Gasteiger partial charge in [0, 0.05) is 37.3 Å². The molecule has 0 bridgehead atoms. The molecule has 16 heavy (non-hydrogen) atoms. The van der Waals surface area contributed by atoms with Gasteiger partial charge >= 0.3 is 0 Å². The molecule has 4 nitrogen and oxygen atoms in total. The highest BCUT2D eigenvalue weighted by Crippen LogP contribution is 2.21. The minimum atomic E-state index is 0.120. The monoisotopic (exact) mass is 214 g/mol. The molecule has 0 aromatic carbocycles. The van der Waals surface area contributed by atoms with Crippen molar-refractivity contribution in [1.29, 1.82) is 0 Å². The van der Waals surface area contributed by atoms with Crippen LogP contribution in [0.1, 0.15) is 22.9 Å². The summed E-state index contributed by atoms with van der Waals surface area (Å²) in [6.45, 7) is 2.39. The fourth-order valence-corrected chi connectivity index (χ4v) is 1.63. The number of hydrogen-bond donors (Lipinski definition) is 1. The van der Waals surface area contributed by atoms with Crippen molar-refractivity contribution < 1.29 is 0 Å². The summed E-state index contributed by atoms with van der Waals surface area (Å²) in [7, 11) is 0. The van der Waals surface area contributed by atoms with E-state index in [1.807, 2.05) is 37.6 Å². The van der Waals surface area contributed by atoms with Crippen LogP contribution in [0.25, 0.3) is 0 Å². The quantitative estimate of drug-likeness (QED) is 0.835. The molecule has 2 aromatic rings. The fraction of sp³-hybridized carbons (Fsp3) is 0.250. The molecule has 0 saturated heterocycles. The molecule has 2 heterocycles. The van der Waals surface area contributed by atoms with Gasteiger partial charge in [-0.2, -0.15) is 0 Å². The van der Waals surface area contributed by atoms with E-state index in [1.54, 1.807) is 6.20 Å². The number of aromatic nitrogens is 3. The van der Waals surface area contributed by atoms with Gasteiger partial charge in [-0.1, -0.05) is 6.07 Å². The van der Waals surface area contributed by atoms with Crippen LogP contribution >= 0.6 is 0 Å². The molecule has 0 aliphatic carbocycles. The van der Waals surface area contributed by atoms with Crippen molar-refractivity contribution >= 4 is 0 Å². The Labute approximate surface area is 94.6 Å².